The van der Waals surface area contributed by atoms with E-state index in [4.69, 9.17) is 5.11 Å². The van der Waals surface area contributed by atoms with Crippen molar-refractivity contribution in [2.75, 3.05) is 0 Å². The zero-order valence-electron chi connectivity index (χ0n) is 17.1. The summed E-state index contributed by atoms with van der Waals surface area (Å²) in [6.07, 6.45) is 22.8. The van der Waals surface area contributed by atoms with Crippen LogP contribution in [0, 0.1) is 0 Å². The van der Waals surface area contributed by atoms with Crippen LogP contribution >= 0.6 is 0 Å². The zero-order valence-corrected chi connectivity index (χ0v) is 17.1. The number of rotatable bonds is 18. The van der Waals surface area contributed by atoms with Crippen molar-refractivity contribution in [3.05, 3.63) is 0 Å². The van der Waals surface area contributed by atoms with Crippen LogP contribution in [-0.2, 0) is 9.59 Å². The van der Waals surface area contributed by atoms with Crippen LogP contribution in [0.1, 0.15) is 129 Å². The Morgan fingerprint density at radius 1 is 0.640 bits per heavy atom. The second-order valence-electron chi connectivity index (χ2n) is 7.05. The highest BCUT2D eigenvalue weighted by Gasteiger charge is 1.97. The van der Waals surface area contributed by atoms with E-state index < -0.39 is 5.97 Å². The molecule has 150 valence electrons. The van der Waals surface area contributed by atoms with Crippen molar-refractivity contribution in [2.24, 2.45) is 0 Å². The van der Waals surface area contributed by atoms with Gasteiger partial charge in [-0.2, -0.15) is 0 Å². The molecule has 0 aliphatic carbocycles. The lowest BCUT2D eigenvalue weighted by Gasteiger charge is -2.03. The highest BCUT2D eigenvalue weighted by atomic mass is 16.4. The highest BCUT2D eigenvalue weighted by Crippen LogP contribution is 2.13. The topological polar surface area (TPSA) is 54.4 Å². The van der Waals surface area contributed by atoms with E-state index in [0.717, 1.165) is 25.5 Å². The van der Waals surface area contributed by atoms with Crippen LogP contribution in [0.25, 0.3) is 0 Å². The van der Waals surface area contributed by atoms with E-state index in [1.165, 1.54) is 83.5 Å². The summed E-state index contributed by atoms with van der Waals surface area (Å²) in [5, 5.41) is 8.52. The summed E-state index contributed by atoms with van der Waals surface area (Å²) >= 11 is 0. The zero-order chi connectivity index (χ0) is 19.0. The Kier molecular flexibility index (Phi) is 26.8. The minimum absolute atomic E-state index is 0.345. The monoisotopic (exact) mass is 356 g/mol. The third-order valence-electron chi connectivity index (χ3n) is 4.40. The Balaban J connectivity index is 0. The lowest BCUT2D eigenvalue weighted by Crippen LogP contribution is -1.93. The van der Waals surface area contributed by atoms with E-state index in [-0.39, 0.29) is 0 Å². The molecule has 0 aliphatic rings. The second kappa shape index (κ2) is 25.4. The summed E-state index contributed by atoms with van der Waals surface area (Å²) in [7, 11) is 0. The van der Waals surface area contributed by atoms with Crippen molar-refractivity contribution >= 4 is 12.3 Å². The molecule has 0 saturated heterocycles. The Morgan fingerprint density at radius 2 is 1.00 bits per heavy atom. The molecule has 0 rings (SSSR count). The molecule has 0 aromatic carbocycles. The highest BCUT2D eigenvalue weighted by molar-refractivity contribution is 5.66. The molecule has 0 bridgehead atoms. The van der Waals surface area contributed by atoms with Gasteiger partial charge in [-0.3, -0.25) is 4.79 Å². The molecule has 1 N–H and O–H groups in total. The number of carboxylic acids is 1. The maximum Gasteiger partial charge on any atom is 0.303 e. The summed E-state index contributed by atoms with van der Waals surface area (Å²) in [6, 6.07) is 0. The third-order valence-corrected chi connectivity index (χ3v) is 4.40. The van der Waals surface area contributed by atoms with Crippen LogP contribution in [0.15, 0.2) is 0 Å². The summed E-state index contributed by atoms with van der Waals surface area (Å²) in [6.45, 7) is 4.25. The number of aldehydes is 1. The summed E-state index contributed by atoms with van der Waals surface area (Å²) in [5.41, 5.74) is 0. The molecule has 0 spiro atoms. The van der Waals surface area contributed by atoms with E-state index >= 15 is 0 Å². The van der Waals surface area contributed by atoms with Gasteiger partial charge in [-0.1, -0.05) is 104 Å². The molecule has 0 aromatic rings. The first-order valence-corrected chi connectivity index (χ1v) is 10.8. The van der Waals surface area contributed by atoms with E-state index in [0.29, 0.717) is 12.8 Å². The second-order valence-corrected chi connectivity index (χ2v) is 7.05. The van der Waals surface area contributed by atoms with Crippen molar-refractivity contribution < 1.29 is 14.7 Å². The molecular weight excluding hydrogens is 312 g/mol. The molecule has 0 atom stereocenters. The van der Waals surface area contributed by atoms with Crippen LogP contribution in [0.5, 0.6) is 0 Å². The number of carbonyl (C=O) groups is 2. The summed E-state index contributed by atoms with van der Waals surface area (Å²) < 4.78 is 0. The Labute approximate surface area is 157 Å². The molecule has 0 heterocycles. The van der Waals surface area contributed by atoms with Gasteiger partial charge in [0.05, 0.1) is 0 Å². The van der Waals surface area contributed by atoms with Gasteiger partial charge in [0, 0.05) is 12.8 Å². The van der Waals surface area contributed by atoms with Crippen LogP contribution in [0.3, 0.4) is 0 Å². The van der Waals surface area contributed by atoms with Crippen molar-refractivity contribution in [1.82, 2.24) is 0 Å². The largest absolute Gasteiger partial charge is 0.481 e. The molecule has 3 heteroatoms. The minimum Gasteiger partial charge on any atom is -0.481 e. The molecule has 0 unspecified atom stereocenters. The molecule has 0 amide bonds. The van der Waals surface area contributed by atoms with Gasteiger partial charge in [0.25, 0.3) is 0 Å². The van der Waals surface area contributed by atoms with Gasteiger partial charge < -0.3 is 9.90 Å². The lowest BCUT2D eigenvalue weighted by atomic mass is 10.0. The molecular formula is C22H44O3. The number of hydrogen-bond acceptors (Lipinski definition) is 2. The van der Waals surface area contributed by atoms with E-state index in [2.05, 4.69) is 6.92 Å². The predicted octanol–water partition coefficient (Wildman–Crippen LogP) is 7.32. The fraction of sp³-hybridized carbons (Fsp3) is 0.909. The van der Waals surface area contributed by atoms with Gasteiger partial charge in [-0.05, 0) is 12.8 Å². The summed E-state index contributed by atoms with van der Waals surface area (Å²) in [5.74, 6) is -0.653. The third kappa shape index (κ3) is 31.4. The number of aliphatic carboxylic acids is 1. The van der Waals surface area contributed by atoms with Crippen LogP contribution in [0.4, 0.5) is 0 Å². The fourth-order valence-electron chi connectivity index (χ4n) is 2.77. The SMILES string of the molecule is CCCC=O.CCCCCCCCCCCCCCCCCC(=O)O. The van der Waals surface area contributed by atoms with Gasteiger partial charge in [-0.25, -0.2) is 0 Å². The quantitative estimate of drug-likeness (QED) is 0.207. The first kappa shape index (κ1) is 26.4. The molecule has 0 radical (unpaired) electrons. The predicted molar refractivity (Wildman–Crippen MR) is 108 cm³/mol. The molecule has 0 fully saturated rings. The molecule has 3 nitrogen and oxygen atoms in total. The van der Waals surface area contributed by atoms with Gasteiger partial charge in [0.15, 0.2) is 0 Å². The van der Waals surface area contributed by atoms with E-state index in [1.807, 2.05) is 6.92 Å². The first-order valence-electron chi connectivity index (χ1n) is 10.8. The van der Waals surface area contributed by atoms with Crippen molar-refractivity contribution in [3.63, 3.8) is 0 Å². The van der Waals surface area contributed by atoms with Crippen molar-refractivity contribution in [2.45, 2.75) is 129 Å². The summed E-state index contributed by atoms with van der Waals surface area (Å²) in [4.78, 5) is 19.7. The molecule has 25 heavy (non-hydrogen) atoms. The minimum atomic E-state index is -0.653. The number of unbranched alkanes of at least 4 members (excludes halogenated alkanes) is 15. The van der Waals surface area contributed by atoms with Gasteiger partial charge >= 0.3 is 5.97 Å². The van der Waals surface area contributed by atoms with Gasteiger partial charge in [0.2, 0.25) is 0 Å². The lowest BCUT2D eigenvalue weighted by molar-refractivity contribution is -0.137. The average molecular weight is 357 g/mol. The number of carboxylic acid groups (broad SMARTS) is 1. The van der Waals surface area contributed by atoms with Crippen molar-refractivity contribution in [3.8, 4) is 0 Å². The maximum absolute atomic E-state index is 10.3. The van der Waals surface area contributed by atoms with Crippen LogP contribution in [0.2, 0.25) is 0 Å². The Morgan fingerprint density at radius 3 is 1.24 bits per heavy atom. The molecule has 0 aromatic heterocycles. The van der Waals surface area contributed by atoms with Crippen LogP contribution < -0.4 is 0 Å². The van der Waals surface area contributed by atoms with Gasteiger partial charge in [-0.15, -0.1) is 0 Å². The number of hydrogen-bond donors (Lipinski definition) is 1. The fourth-order valence-corrected chi connectivity index (χ4v) is 2.77. The van der Waals surface area contributed by atoms with E-state index in [1.54, 1.807) is 0 Å². The van der Waals surface area contributed by atoms with Crippen molar-refractivity contribution in [1.29, 1.82) is 0 Å². The normalized spacial score (nSPS) is 10.2. The molecule has 0 aliphatic heterocycles. The number of carbonyl (C=O) groups excluding carboxylic acids is 1. The average Bonchev–Trinajstić information content (AvgIpc) is 2.59. The maximum atomic E-state index is 10.3. The van der Waals surface area contributed by atoms with E-state index in [9.17, 15) is 9.59 Å². The molecule has 0 saturated carbocycles. The Bertz CT molecular complexity index is 264. The smallest absolute Gasteiger partial charge is 0.303 e. The first-order chi connectivity index (χ1) is 12.2. The van der Waals surface area contributed by atoms with Gasteiger partial charge in [0.1, 0.15) is 6.29 Å². The Hall–Kier alpha value is -0.860. The standard InChI is InChI=1S/C18H36O2.C4H8O/c1-2-3-4-5-6-7-8-9-10-11-12-13-14-15-16-17-18(19)20;1-2-3-4-5/h2-17H2,1H3,(H,19,20);4H,2-3H2,1H3. The van der Waals surface area contributed by atoms with Crippen LogP contribution in [-0.4, -0.2) is 17.4 Å².